The molecule has 150 valence electrons. The summed E-state index contributed by atoms with van der Waals surface area (Å²) >= 11 is 0. The predicted molar refractivity (Wildman–Crippen MR) is 120 cm³/mol. The molecule has 1 aromatic heterocycles. The molecule has 0 radical (unpaired) electrons. The summed E-state index contributed by atoms with van der Waals surface area (Å²) in [7, 11) is 0. The van der Waals surface area contributed by atoms with Crippen LogP contribution in [0.25, 0.3) is 16.7 Å². The lowest BCUT2D eigenvalue weighted by Crippen LogP contribution is -2.32. The van der Waals surface area contributed by atoms with Crippen molar-refractivity contribution in [1.29, 1.82) is 0 Å². The normalized spacial score (nSPS) is 13.5. The van der Waals surface area contributed by atoms with E-state index >= 15 is 0 Å². The molecule has 30 heavy (non-hydrogen) atoms. The molecule has 4 nitrogen and oxygen atoms in total. The Morgan fingerprint density at radius 2 is 1.73 bits per heavy atom. The first-order valence-corrected chi connectivity index (χ1v) is 10.5. The van der Waals surface area contributed by atoms with E-state index in [2.05, 4.69) is 35.8 Å². The number of imidazole rings is 1. The van der Waals surface area contributed by atoms with Crippen molar-refractivity contribution in [3.63, 3.8) is 0 Å². The number of nitrogens with zero attached hydrogens (tertiary/aromatic N) is 3. The number of aryl methyl sites for hydroxylation is 2. The van der Waals surface area contributed by atoms with Gasteiger partial charge in [-0.05, 0) is 68.1 Å². The fraction of sp³-hybridized carbons (Fsp3) is 0.231. The number of hydrogen-bond acceptors (Lipinski definition) is 2. The Morgan fingerprint density at radius 3 is 2.47 bits per heavy atom. The molecule has 3 aromatic carbocycles. The van der Waals surface area contributed by atoms with Crippen molar-refractivity contribution in [3.8, 4) is 5.69 Å². The topological polar surface area (TPSA) is 38.1 Å². The molecule has 1 aliphatic rings. The van der Waals surface area contributed by atoms with Crippen LogP contribution in [0.15, 0.2) is 72.8 Å². The van der Waals surface area contributed by atoms with Gasteiger partial charge in [-0.3, -0.25) is 9.36 Å². The molecule has 0 spiro atoms. The van der Waals surface area contributed by atoms with Crippen molar-refractivity contribution in [2.45, 2.75) is 39.3 Å². The maximum Gasteiger partial charge on any atom is 0.254 e. The number of rotatable bonds is 5. The van der Waals surface area contributed by atoms with E-state index in [0.717, 1.165) is 35.4 Å². The third-order valence-electron chi connectivity index (χ3n) is 5.93. The fourth-order valence-electron chi connectivity index (χ4n) is 4.13. The Kier molecular flexibility index (Phi) is 4.62. The maximum atomic E-state index is 13.4. The van der Waals surface area contributed by atoms with E-state index in [1.165, 1.54) is 11.1 Å². The molecule has 0 unspecified atom stereocenters. The molecule has 1 fully saturated rings. The van der Waals surface area contributed by atoms with Crippen LogP contribution in [-0.4, -0.2) is 26.4 Å². The van der Waals surface area contributed by atoms with Gasteiger partial charge in [0.15, 0.2) is 0 Å². The van der Waals surface area contributed by atoms with Crippen LogP contribution in [0.1, 0.15) is 40.2 Å². The minimum atomic E-state index is 0.0922. The second kappa shape index (κ2) is 7.45. The molecule has 1 amide bonds. The van der Waals surface area contributed by atoms with Crippen LogP contribution >= 0.6 is 0 Å². The molecule has 1 aliphatic carbocycles. The monoisotopic (exact) mass is 395 g/mol. The number of carbonyl (C=O) groups is 1. The number of hydrogen-bond donors (Lipinski definition) is 0. The highest BCUT2D eigenvalue weighted by Gasteiger charge is 2.33. The summed E-state index contributed by atoms with van der Waals surface area (Å²) in [6.45, 7) is 4.77. The average Bonchev–Trinajstić information content (AvgIpc) is 3.54. The predicted octanol–water partition coefficient (Wildman–Crippen LogP) is 5.45. The first-order chi connectivity index (χ1) is 14.6. The number of para-hydroxylation sites is 1. The first kappa shape index (κ1) is 18.6. The lowest BCUT2D eigenvalue weighted by molar-refractivity contribution is 0.0730. The van der Waals surface area contributed by atoms with E-state index in [-0.39, 0.29) is 5.91 Å². The van der Waals surface area contributed by atoms with Crippen LogP contribution in [0.4, 0.5) is 0 Å². The SMILES string of the molecule is Cc1ccccc1CN(C(=O)c1ccc2c(c1)nc(C)n2-c1ccccc1)C1CC1. The van der Waals surface area contributed by atoms with Gasteiger partial charge in [0.25, 0.3) is 5.91 Å². The molecule has 1 saturated carbocycles. The zero-order chi connectivity index (χ0) is 20.7. The number of amides is 1. The highest BCUT2D eigenvalue weighted by Crippen LogP contribution is 2.31. The highest BCUT2D eigenvalue weighted by atomic mass is 16.2. The molecular weight excluding hydrogens is 370 g/mol. The van der Waals surface area contributed by atoms with Crippen LogP contribution in [-0.2, 0) is 6.54 Å². The van der Waals surface area contributed by atoms with Gasteiger partial charge < -0.3 is 4.90 Å². The van der Waals surface area contributed by atoms with Crippen molar-refractivity contribution in [2.24, 2.45) is 0 Å². The summed E-state index contributed by atoms with van der Waals surface area (Å²) in [4.78, 5) is 20.2. The van der Waals surface area contributed by atoms with Crippen molar-refractivity contribution >= 4 is 16.9 Å². The minimum absolute atomic E-state index is 0.0922. The second-order valence-electron chi connectivity index (χ2n) is 8.12. The largest absolute Gasteiger partial charge is 0.331 e. The summed E-state index contributed by atoms with van der Waals surface area (Å²) < 4.78 is 2.13. The molecule has 0 N–H and O–H groups in total. The van der Waals surface area contributed by atoms with E-state index in [1.807, 2.05) is 60.4 Å². The minimum Gasteiger partial charge on any atom is -0.331 e. The Hall–Kier alpha value is -3.40. The summed E-state index contributed by atoms with van der Waals surface area (Å²) in [5, 5.41) is 0. The molecule has 0 saturated heterocycles. The Labute approximate surface area is 176 Å². The van der Waals surface area contributed by atoms with Crippen LogP contribution < -0.4 is 0 Å². The Balaban J connectivity index is 1.49. The Bertz CT molecular complexity index is 1220. The van der Waals surface area contributed by atoms with Gasteiger partial charge >= 0.3 is 0 Å². The van der Waals surface area contributed by atoms with E-state index in [9.17, 15) is 4.79 Å². The summed E-state index contributed by atoms with van der Waals surface area (Å²) in [6.07, 6.45) is 2.17. The van der Waals surface area contributed by atoms with Gasteiger partial charge in [-0.1, -0.05) is 42.5 Å². The molecule has 4 aromatic rings. The third kappa shape index (κ3) is 3.39. The van der Waals surface area contributed by atoms with Gasteiger partial charge in [-0.25, -0.2) is 4.98 Å². The molecule has 0 aliphatic heterocycles. The smallest absolute Gasteiger partial charge is 0.254 e. The second-order valence-corrected chi connectivity index (χ2v) is 8.12. The van der Waals surface area contributed by atoms with E-state index in [1.54, 1.807) is 0 Å². The quantitative estimate of drug-likeness (QED) is 0.451. The van der Waals surface area contributed by atoms with E-state index < -0.39 is 0 Å². The van der Waals surface area contributed by atoms with Gasteiger partial charge in [-0.15, -0.1) is 0 Å². The molecule has 1 heterocycles. The molecular formula is C26H25N3O. The average molecular weight is 396 g/mol. The van der Waals surface area contributed by atoms with Crippen LogP contribution in [0, 0.1) is 13.8 Å². The van der Waals surface area contributed by atoms with Gasteiger partial charge in [-0.2, -0.15) is 0 Å². The third-order valence-corrected chi connectivity index (χ3v) is 5.93. The molecule has 4 heteroatoms. The molecule has 0 atom stereocenters. The molecule has 5 rings (SSSR count). The van der Waals surface area contributed by atoms with Gasteiger partial charge in [0.2, 0.25) is 0 Å². The van der Waals surface area contributed by atoms with Gasteiger partial charge in [0, 0.05) is 23.8 Å². The van der Waals surface area contributed by atoms with Crippen molar-refractivity contribution in [3.05, 3.63) is 95.3 Å². The number of fused-ring (bicyclic) bond motifs is 1. The van der Waals surface area contributed by atoms with Crippen LogP contribution in [0.3, 0.4) is 0 Å². The number of carbonyl (C=O) groups excluding carboxylic acids is 1. The van der Waals surface area contributed by atoms with Crippen molar-refractivity contribution in [1.82, 2.24) is 14.5 Å². The van der Waals surface area contributed by atoms with Crippen molar-refractivity contribution in [2.75, 3.05) is 0 Å². The summed E-state index contributed by atoms with van der Waals surface area (Å²) in [5.41, 5.74) is 6.10. The van der Waals surface area contributed by atoms with E-state index in [0.29, 0.717) is 18.2 Å². The van der Waals surface area contributed by atoms with Gasteiger partial charge in [0.05, 0.1) is 11.0 Å². The zero-order valence-corrected chi connectivity index (χ0v) is 17.4. The Morgan fingerprint density at radius 1 is 1.00 bits per heavy atom. The zero-order valence-electron chi connectivity index (χ0n) is 17.4. The summed E-state index contributed by atoms with van der Waals surface area (Å²) in [5.74, 6) is 1.01. The standard InChI is InChI=1S/C26H25N3O/c1-18-8-6-7-9-21(18)17-28(22-13-14-22)26(30)20-12-15-25-24(16-20)27-19(2)29(25)23-10-4-3-5-11-23/h3-12,15-16,22H,13-14,17H2,1-2H3. The van der Waals surface area contributed by atoms with Crippen molar-refractivity contribution < 1.29 is 4.79 Å². The summed E-state index contributed by atoms with van der Waals surface area (Å²) in [6, 6.07) is 24.8. The first-order valence-electron chi connectivity index (χ1n) is 10.5. The van der Waals surface area contributed by atoms with Crippen LogP contribution in [0.5, 0.6) is 0 Å². The van der Waals surface area contributed by atoms with Crippen LogP contribution in [0.2, 0.25) is 0 Å². The molecule has 0 bridgehead atoms. The lowest BCUT2D eigenvalue weighted by Gasteiger charge is -2.23. The lowest BCUT2D eigenvalue weighted by atomic mass is 10.1. The number of aromatic nitrogens is 2. The fourth-order valence-corrected chi connectivity index (χ4v) is 4.13. The number of benzene rings is 3. The highest BCUT2D eigenvalue weighted by molar-refractivity contribution is 5.98. The maximum absolute atomic E-state index is 13.4. The van der Waals surface area contributed by atoms with E-state index in [4.69, 9.17) is 4.98 Å². The van der Waals surface area contributed by atoms with Gasteiger partial charge in [0.1, 0.15) is 5.82 Å².